The van der Waals surface area contributed by atoms with Gasteiger partial charge in [-0.1, -0.05) is 24.3 Å². The number of aliphatic imine (C=N–C) groups is 1. The number of guanidine groups is 1. The van der Waals surface area contributed by atoms with Gasteiger partial charge in [0, 0.05) is 0 Å². The van der Waals surface area contributed by atoms with Crippen LogP contribution in [0.15, 0.2) is 29.3 Å². The lowest BCUT2D eigenvalue weighted by molar-refractivity contribution is 0.106. The minimum absolute atomic E-state index is 0.0507. The highest BCUT2D eigenvalue weighted by Gasteiger charge is 2.06. The van der Waals surface area contributed by atoms with Crippen LogP contribution in [0.1, 0.15) is 17.2 Å². The monoisotopic (exact) mass is 254 g/mol. The summed E-state index contributed by atoms with van der Waals surface area (Å²) in [4.78, 5) is 3.74. The highest BCUT2D eigenvalue weighted by Crippen LogP contribution is 2.14. The maximum absolute atomic E-state index is 11.8. The van der Waals surface area contributed by atoms with E-state index in [2.05, 4.69) is 4.99 Å². The summed E-state index contributed by atoms with van der Waals surface area (Å²) in [6.45, 7) is 0.0818. The molecule has 0 aliphatic heterocycles. The number of halogens is 1. The predicted octanol–water partition coefficient (Wildman–Crippen LogP) is 0.480. The molecule has 0 saturated heterocycles. The van der Waals surface area contributed by atoms with Crippen molar-refractivity contribution in [3.63, 3.8) is 0 Å². The lowest BCUT2D eigenvalue weighted by Gasteiger charge is -2.09. The predicted molar refractivity (Wildman–Crippen MR) is 67.7 cm³/mol. The summed E-state index contributed by atoms with van der Waals surface area (Å²) in [5.41, 5.74) is 12.0. The summed E-state index contributed by atoms with van der Waals surface area (Å²) in [7, 11) is 0. The number of aliphatic hydroxyl groups excluding tert-OH is 1. The number of nitrogens with zero attached hydrogens (tertiary/aromatic N) is 1. The highest BCUT2D eigenvalue weighted by atomic mass is 18.2. The first-order valence-electron chi connectivity index (χ1n) is 5.59. The molecule has 0 spiro atoms. The van der Waals surface area contributed by atoms with Crippen molar-refractivity contribution < 1.29 is 14.2 Å². The van der Waals surface area contributed by atoms with E-state index >= 15 is 0 Å². The van der Waals surface area contributed by atoms with Crippen molar-refractivity contribution in [2.24, 2.45) is 16.5 Å². The largest absolute Gasteiger partial charge is 0.386 e. The molecule has 5 N–H and O–H groups in total. The average Bonchev–Trinajstić information content (AvgIpc) is 2.37. The van der Waals surface area contributed by atoms with E-state index in [9.17, 15) is 9.50 Å². The summed E-state index contributed by atoms with van der Waals surface area (Å²) in [6, 6.07) is 7.15. The molecule has 0 aliphatic rings. The molecule has 1 atom stereocenters. The lowest BCUT2D eigenvalue weighted by Crippen LogP contribution is -2.23. The molecule has 100 valence electrons. The van der Waals surface area contributed by atoms with Gasteiger partial charge in [0.05, 0.1) is 25.9 Å². The van der Waals surface area contributed by atoms with Crippen LogP contribution in [0.3, 0.4) is 0 Å². The second-order valence-corrected chi connectivity index (χ2v) is 3.76. The van der Waals surface area contributed by atoms with Gasteiger partial charge >= 0.3 is 0 Å². The molecule has 0 saturated carbocycles. The number of ether oxygens (including phenoxy) is 1. The fourth-order valence-corrected chi connectivity index (χ4v) is 1.38. The third kappa shape index (κ3) is 5.11. The van der Waals surface area contributed by atoms with Crippen LogP contribution in [0, 0.1) is 0 Å². The molecule has 18 heavy (non-hydrogen) atoms. The molecule has 0 fully saturated rings. The van der Waals surface area contributed by atoms with Crippen molar-refractivity contribution in [1.82, 2.24) is 0 Å². The first kappa shape index (κ1) is 14.4. The van der Waals surface area contributed by atoms with Crippen LogP contribution in [-0.4, -0.2) is 30.9 Å². The molecule has 1 aromatic carbocycles. The van der Waals surface area contributed by atoms with E-state index in [1.54, 1.807) is 12.1 Å². The second kappa shape index (κ2) is 7.62. The second-order valence-electron chi connectivity index (χ2n) is 3.76. The Labute approximate surface area is 105 Å². The van der Waals surface area contributed by atoms with Crippen LogP contribution >= 0.6 is 0 Å². The molecule has 6 heteroatoms. The van der Waals surface area contributed by atoms with Gasteiger partial charge in [0.25, 0.3) is 0 Å². The number of rotatable bonds is 7. The van der Waals surface area contributed by atoms with E-state index in [1.165, 1.54) is 0 Å². The number of benzene rings is 1. The molecule has 1 unspecified atom stereocenters. The average molecular weight is 254 g/mol. The zero-order valence-electron chi connectivity index (χ0n) is 10.1. The molecule has 0 aromatic heterocycles. The quantitative estimate of drug-likeness (QED) is 0.375. The molecule has 1 rings (SSSR count). The molecule has 0 radical (unpaired) electrons. The smallest absolute Gasteiger partial charge is 0.186 e. The Morgan fingerprint density at radius 1 is 1.33 bits per heavy atom. The molecule has 5 nitrogen and oxygen atoms in total. The minimum Gasteiger partial charge on any atom is -0.386 e. The maximum Gasteiger partial charge on any atom is 0.186 e. The summed E-state index contributed by atoms with van der Waals surface area (Å²) < 4.78 is 16.9. The third-order valence-electron chi connectivity index (χ3n) is 2.30. The van der Waals surface area contributed by atoms with Crippen LogP contribution in [0.2, 0.25) is 0 Å². The van der Waals surface area contributed by atoms with Gasteiger partial charge in [-0.2, -0.15) is 0 Å². The highest BCUT2D eigenvalue weighted by molar-refractivity contribution is 5.75. The SMILES string of the molecule is NC(N)=NCC(O)c1ccc(COCC[18F])cc1. The summed E-state index contributed by atoms with van der Waals surface area (Å²) in [5.74, 6) is -0.0507. The van der Waals surface area contributed by atoms with Crippen LogP contribution in [0.4, 0.5) is 4.39 Å². The van der Waals surface area contributed by atoms with Crippen LogP contribution in [0.5, 0.6) is 0 Å². The molecule has 0 aliphatic carbocycles. The number of aliphatic hydroxyl groups is 1. The Morgan fingerprint density at radius 2 is 2.00 bits per heavy atom. The molecular weight excluding hydrogens is 236 g/mol. The van der Waals surface area contributed by atoms with Gasteiger partial charge in [-0.3, -0.25) is 4.99 Å². The normalized spacial score (nSPS) is 12.1. The van der Waals surface area contributed by atoms with Gasteiger partial charge in [0.2, 0.25) is 0 Å². The zero-order valence-corrected chi connectivity index (χ0v) is 10.1. The maximum atomic E-state index is 11.8. The minimum atomic E-state index is -0.743. The summed E-state index contributed by atoms with van der Waals surface area (Å²) in [6.07, 6.45) is -0.743. The zero-order chi connectivity index (χ0) is 13.4. The molecule has 0 bridgehead atoms. The van der Waals surface area contributed by atoms with Gasteiger partial charge in [0.1, 0.15) is 6.67 Å². The first-order valence-corrected chi connectivity index (χ1v) is 5.59. The van der Waals surface area contributed by atoms with E-state index < -0.39 is 12.8 Å². The first-order chi connectivity index (χ1) is 8.63. The van der Waals surface area contributed by atoms with Gasteiger partial charge in [-0.05, 0) is 11.1 Å². The molecule has 0 heterocycles. The van der Waals surface area contributed by atoms with Crippen molar-refractivity contribution in [2.75, 3.05) is 19.8 Å². The summed E-state index contributed by atoms with van der Waals surface area (Å²) in [5, 5.41) is 9.78. The van der Waals surface area contributed by atoms with Crippen molar-refractivity contribution >= 4 is 5.96 Å². The standard InChI is InChI=1S/C12H18FN3O2/c13-5-6-18-8-9-1-3-10(4-2-9)11(17)7-16-12(14)15/h1-4,11,17H,5-8H2,(H4,14,15,16)/i13-1. The van der Waals surface area contributed by atoms with Crippen molar-refractivity contribution in [1.29, 1.82) is 0 Å². The number of hydrogen-bond acceptors (Lipinski definition) is 3. The van der Waals surface area contributed by atoms with E-state index in [4.69, 9.17) is 16.2 Å². The molecule has 0 amide bonds. The Kier molecular flexibility index (Phi) is 6.10. The Balaban J connectivity index is 2.51. The van der Waals surface area contributed by atoms with Gasteiger partial charge in [-0.15, -0.1) is 0 Å². The topological polar surface area (TPSA) is 93.9 Å². The number of hydrogen-bond donors (Lipinski definition) is 3. The van der Waals surface area contributed by atoms with E-state index in [0.717, 1.165) is 5.56 Å². The third-order valence-corrected chi connectivity index (χ3v) is 2.30. The van der Waals surface area contributed by atoms with Crippen molar-refractivity contribution in [2.45, 2.75) is 12.7 Å². The Hall–Kier alpha value is -1.66. The lowest BCUT2D eigenvalue weighted by atomic mass is 10.1. The fourth-order valence-electron chi connectivity index (χ4n) is 1.38. The van der Waals surface area contributed by atoms with Crippen molar-refractivity contribution in [3.05, 3.63) is 35.4 Å². The van der Waals surface area contributed by atoms with E-state index in [1.807, 2.05) is 12.1 Å². The number of alkyl halides is 1. The molecule has 1 aromatic rings. The Morgan fingerprint density at radius 3 is 2.56 bits per heavy atom. The van der Waals surface area contributed by atoms with Crippen molar-refractivity contribution in [3.8, 4) is 0 Å². The molecular formula is C12H18FN3O2. The van der Waals surface area contributed by atoms with Gasteiger partial charge in [-0.25, -0.2) is 4.39 Å². The Bertz CT molecular complexity index is 377. The van der Waals surface area contributed by atoms with E-state index in [0.29, 0.717) is 12.2 Å². The fraction of sp³-hybridized carbons (Fsp3) is 0.417. The van der Waals surface area contributed by atoms with Gasteiger partial charge < -0.3 is 21.3 Å². The van der Waals surface area contributed by atoms with E-state index in [-0.39, 0.29) is 19.1 Å². The number of nitrogens with two attached hydrogens (primary N) is 2. The van der Waals surface area contributed by atoms with Crippen LogP contribution < -0.4 is 11.5 Å². The van der Waals surface area contributed by atoms with Crippen LogP contribution in [0.25, 0.3) is 0 Å². The van der Waals surface area contributed by atoms with Gasteiger partial charge in [0.15, 0.2) is 5.96 Å². The van der Waals surface area contributed by atoms with Crippen LogP contribution in [-0.2, 0) is 11.3 Å². The summed E-state index contributed by atoms with van der Waals surface area (Å²) >= 11 is 0.